The summed E-state index contributed by atoms with van der Waals surface area (Å²) in [7, 11) is 0. The van der Waals surface area contributed by atoms with Crippen LogP contribution in [0.1, 0.15) is 26.2 Å². The Morgan fingerprint density at radius 2 is 2.12 bits per heavy atom. The zero-order chi connectivity index (χ0) is 6.20. The number of aliphatic hydroxyl groups excluding tert-OH is 1. The highest BCUT2D eigenvalue weighted by molar-refractivity contribution is 4.94. The summed E-state index contributed by atoms with van der Waals surface area (Å²) in [5, 5.41) is 17.9. The van der Waals surface area contributed by atoms with Crippen molar-refractivity contribution < 1.29 is 10.2 Å². The molecule has 0 amide bonds. The monoisotopic (exact) mass is 116 g/mol. The predicted octanol–water partition coefficient (Wildman–Crippen LogP) is 0.282. The Balaban J connectivity index is 2.19. The highest BCUT2D eigenvalue weighted by Gasteiger charge is 2.40. The molecule has 48 valence electrons. The van der Waals surface area contributed by atoms with Crippen LogP contribution in [0.25, 0.3) is 0 Å². The second-order valence-electron chi connectivity index (χ2n) is 2.78. The Labute approximate surface area is 49.1 Å². The van der Waals surface area contributed by atoms with Gasteiger partial charge in [0.2, 0.25) is 0 Å². The summed E-state index contributed by atoms with van der Waals surface area (Å²) in [4.78, 5) is 0. The standard InChI is InChI=1S/C6H12O2/c1-5(7)4-6(8)2-3-6/h5,7-8H,2-4H2,1H3/t5-/m0/s1. The van der Waals surface area contributed by atoms with Gasteiger partial charge in [-0.15, -0.1) is 0 Å². The van der Waals surface area contributed by atoms with Gasteiger partial charge in [0, 0.05) is 6.42 Å². The van der Waals surface area contributed by atoms with Crippen molar-refractivity contribution in [3.05, 3.63) is 0 Å². The molecule has 0 aromatic heterocycles. The molecule has 0 unspecified atom stereocenters. The molecule has 2 N–H and O–H groups in total. The van der Waals surface area contributed by atoms with E-state index in [0.717, 1.165) is 12.8 Å². The van der Waals surface area contributed by atoms with Crippen LogP contribution in [0.2, 0.25) is 0 Å². The second-order valence-corrected chi connectivity index (χ2v) is 2.78. The maximum Gasteiger partial charge on any atom is 0.0674 e. The van der Waals surface area contributed by atoms with E-state index in [2.05, 4.69) is 0 Å². The van der Waals surface area contributed by atoms with Gasteiger partial charge in [0.25, 0.3) is 0 Å². The van der Waals surface area contributed by atoms with Crippen LogP contribution >= 0.6 is 0 Å². The van der Waals surface area contributed by atoms with Crippen LogP contribution in [0, 0.1) is 0 Å². The summed E-state index contributed by atoms with van der Waals surface area (Å²) in [5.74, 6) is 0. The maximum atomic E-state index is 9.14. The van der Waals surface area contributed by atoms with Crippen molar-refractivity contribution in [1.29, 1.82) is 0 Å². The number of hydrogen-bond donors (Lipinski definition) is 2. The summed E-state index contributed by atoms with van der Waals surface area (Å²) in [6.07, 6.45) is 1.95. The predicted molar refractivity (Wildman–Crippen MR) is 30.5 cm³/mol. The van der Waals surface area contributed by atoms with Crippen LogP contribution in [0.15, 0.2) is 0 Å². The third-order valence-electron chi connectivity index (χ3n) is 1.50. The summed E-state index contributed by atoms with van der Waals surface area (Å²) >= 11 is 0. The molecule has 1 saturated carbocycles. The Kier molecular flexibility index (Phi) is 1.29. The van der Waals surface area contributed by atoms with Crippen LogP contribution in [-0.4, -0.2) is 21.9 Å². The van der Waals surface area contributed by atoms with Crippen LogP contribution in [0.4, 0.5) is 0 Å². The Hall–Kier alpha value is -0.0800. The Bertz CT molecular complexity index is 84.5. The molecule has 0 aromatic rings. The molecule has 1 fully saturated rings. The first-order chi connectivity index (χ1) is 3.62. The van der Waals surface area contributed by atoms with Crippen molar-refractivity contribution in [2.75, 3.05) is 0 Å². The van der Waals surface area contributed by atoms with E-state index in [4.69, 9.17) is 10.2 Å². The van der Waals surface area contributed by atoms with Gasteiger partial charge in [-0.1, -0.05) is 0 Å². The summed E-state index contributed by atoms with van der Waals surface area (Å²) in [5.41, 5.74) is -0.478. The third-order valence-corrected chi connectivity index (χ3v) is 1.50. The molecule has 8 heavy (non-hydrogen) atoms. The van der Waals surface area contributed by atoms with E-state index < -0.39 is 5.60 Å². The first kappa shape index (κ1) is 6.05. The van der Waals surface area contributed by atoms with E-state index in [1.165, 1.54) is 0 Å². The molecule has 0 radical (unpaired) electrons. The number of hydrogen-bond acceptors (Lipinski definition) is 2. The quantitative estimate of drug-likeness (QED) is 0.544. The molecular formula is C6H12O2. The first-order valence-corrected chi connectivity index (χ1v) is 3.03. The van der Waals surface area contributed by atoms with Crippen LogP contribution < -0.4 is 0 Å². The second kappa shape index (κ2) is 1.71. The molecule has 0 saturated heterocycles. The lowest BCUT2D eigenvalue weighted by Crippen LogP contribution is -2.15. The van der Waals surface area contributed by atoms with E-state index in [1.807, 2.05) is 0 Å². The molecule has 1 aliphatic rings. The van der Waals surface area contributed by atoms with E-state index in [9.17, 15) is 0 Å². The van der Waals surface area contributed by atoms with E-state index in [0.29, 0.717) is 6.42 Å². The normalized spacial score (nSPS) is 27.4. The minimum atomic E-state index is -0.478. The van der Waals surface area contributed by atoms with Crippen molar-refractivity contribution in [3.8, 4) is 0 Å². The molecule has 0 aliphatic heterocycles. The molecule has 0 aromatic carbocycles. The van der Waals surface area contributed by atoms with Gasteiger partial charge in [-0.3, -0.25) is 0 Å². The van der Waals surface area contributed by atoms with Crippen molar-refractivity contribution in [2.24, 2.45) is 0 Å². The van der Waals surface area contributed by atoms with Gasteiger partial charge in [0.15, 0.2) is 0 Å². The lowest BCUT2D eigenvalue weighted by molar-refractivity contribution is 0.0736. The molecule has 1 aliphatic carbocycles. The zero-order valence-electron chi connectivity index (χ0n) is 5.09. The van der Waals surface area contributed by atoms with Gasteiger partial charge in [0.05, 0.1) is 11.7 Å². The topological polar surface area (TPSA) is 40.5 Å². The van der Waals surface area contributed by atoms with Gasteiger partial charge < -0.3 is 10.2 Å². The molecule has 0 bridgehead atoms. The molecule has 0 heterocycles. The summed E-state index contributed by atoms with van der Waals surface area (Å²) in [6.45, 7) is 1.70. The average Bonchev–Trinajstić information content (AvgIpc) is 2.17. The smallest absolute Gasteiger partial charge is 0.0674 e. The van der Waals surface area contributed by atoms with Gasteiger partial charge in [0.1, 0.15) is 0 Å². The van der Waals surface area contributed by atoms with Crippen LogP contribution in [-0.2, 0) is 0 Å². The van der Waals surface area contributed by atoms with E-state index in [-0.39, 0.29) is 6.10 Å². The average molecular weight is 116 g/mol. The third kappa shape index (κ3) is 1.46. The minimum Gasteiger partial charge on any atom is -0.393 e. The molecule has 2 nitrogen and oxygen atoms in total. The fraction of sp³-hybridized carbons (Fsp3) is 1.00. The lowest BCUT2D eigenvalue weighted by Gasteiger charge is -2.07. The molecule has 2 heteroatoms. The van der Waals surface area contributed by atoms with Crippen molar-refractivity contribution in [2.45, 2.75) is 37.9 Å². The van der Waals surface area contributed by atoms with Gasteiger partial charge in [-0.2, -0.15) is 0 Å². The fourth-order valence-corrected chi connectivity index (χ4v) is 0.898. The summed E-state index contributed by atoms with van der Waals surface area (Å²) in [6, 6.07) is 0. The van der Waals surface area contributed by atoms with E-state index >= 15 is 0 Å². The highest BCUT2D eigenvalue weighted by atomic mass is 16.3. The van der Waals surface area contributed by atoms with Crippen molar-refractivity contribution in [1.82, 2.24) is 0 Å². The van der Waals surface area contributed by atoms with Gasteiger partial charge in [-0.25, -0.2) is 0 Å². The largest absolute Gasteiger partial charge is 0.393 e. The van der Waals surface area contributed by atoms with E-state index in [1.54, 1.807) is 6.92 Å². The Morgan fingerprint density at radius 1 is 1.62 bits per heavy atom. The summed E-state index contributed by atoms with van der Waals surface area (Å²) < 4.78 is 0. The molecule has 1 atom stereocenters. The molecule has 0 spiro atoms. The molecule has 1 rings (SSSR count). The SMILES string of the molecule is C[C@H](O)CC1(O)CC1. The fourth-order valence-electron chi connectivity index (χ4n) is 0.898. The van der Waals surface area contributed by atoms with Crippen molar-refractivity contribution in [3.63, 3.8) is 0 Å². The van der Waals surface area contributed by atoms with Crippen LogP contribution in [0.3, 0.4) is 0 Å². The first-order valence-electron chi connectivity index (χ1n) is 3.03. The minimum absolute atomic E-state index is 0.345. The Morgan fingerprint density at radius 3 is 2.25 bits per heavy atom. The van der Waals surface area contributed by atoms with Crippen LogP contribution in [0.5, 0.6) is 0 Å². The highest BCUT2D eigenvalue weighted by Crippen LogP contribution is 2.38. The molecular weight excluding hydrogens is 104 g/mol. The van der Waals surface area contributed by atoms with Gasteiger partial charge >= 0.3 is 0 Å². The lowest BCUT2D eigenvalue weighted by atomic mass is 10.1. The van der Waals surface area contributed by atoms with Crippen molar-refractivity contribution >= 4 is 0 Å². The zero-order valence-corrected chi connectivity index (χ0v) is 5.09. The number of rotatable bonds is 2. The van der Waals surface area contributed by atoms with Gasteiger partial charge in [-0.05, 0) is 19.8 Å². The number of aliphatic hydroxyl groups is 2. The maximum absolute atomic E-state index is 9.14.